The summed E-state index contributed by atoms with van der Waals surface area (Å²) in [5, 5.41) is 0. The molecule has 12 heavy (non-hydrogen) atoms. The van der Waals surface area contributed by atoms with Gasteiger partial charge in [-0.05, 0) is 18.9 Å². The average molecular weight is 166 g/mol. The molecule has 2 nitrogen and oxygen atoms in total. The molecule has 1 aliphatic rings. The van der Waals surface area contributed by atoms with Gasteiger partial charge in [0.15, 0.2) is 0 Å². The first-order valence-electron chi connectivity index (χ1n) is 4.12. The van der Waals surface area contributed by atoms with Crippen LogP contribution in [-0.4, -0.2) is 19.0 Å². The standard InChI is InChI=1S/C10H14O2/c1-8(11)7-9-5-3-4-6-10(9)12-2/h3-5,10H,6-7H2,1-2H3. The van der Waals surface area contributed by atoms with Gasteiger partial charge in [0.05, 0.1) is 6.10 Å². The largest absolute Gasteiger partial charge is 0.377 e. The van der Waals surface area contributed by atoms with Crippen LogP contribution in [0.1, 0.15) is 19.8 Å². The first-order valence-corrected chi connectivity index (χ1v) is 4.12. The van der Waals surface area contributed by atoms with E-state index in [9.17, 15) is 4.79 Å². The Labute approximate surface area is 72.9 Å². The smallest absolute Gasteiger partial charge is 0.133 e. The molecule has 0 bridgehead atoms. The van der Waals surface area contributed by atoms with Crippen LogP contribution in [0, 0.1) is 0 Å². The van der Waals surface area contributed by atoms with Crippen LogP contribution in [0.3, 0.4) is 0 Å². The van der Waals surface area contributed by atoms with Gasteiger partial charge in [0.2, 0.25) is 0 Å². The topological polar surface area (TPSA) is 26.3 Å². The highest BCUT2D eigenvalue weighted by Gasteiger charge is 2.15. The van der Waals surface area contributed by atoms with E-state index in [1.807, 2.05) is 12.2 Å². The molecule has 0 aromatic heterocycles. The summed E-state index contributed by atoms with van der Waals surface area (Å²) >= 11 is 0. The van der Waals surface area contributed by atoms with Crippen LogP contribution in [0.4, 0.5) is 0 Å². The molecule has 0 spiro atoms. The van der Waals surface area contributed by atoms with Crippen molar-refractivity contribution in [2.45, 2.75) is 25.9 Å². The summed E-state index contributed by atoms with van der Waals surface area (Å²) in [4.78, 5) is 10.9. The third-order valence-electron chi connectivity index (χ3n) is 1.95. The highest BCUT2D eigenvalue weighted by Crippen LogP contribution is 2.19. The van der Waals surface area contributed by atoms with Crippen LogP contribution in [-0.2, 0) is 9.53 Å². The van der Waals surface area contributed by atoms with Gasteiger partial charge in [0.1, 0.15) is 5.78 Å². The number of rotatable bonds is 3. The summed E-state index contributed by atoms with van der Waals surface area (Å²) in [6, 6.07) is 0. The summed E-state index contributed by atoms with van der Waals surface area (Å²) in [7, 11) is 1.68. The second-order valence-electron chi connectivity index (χ2n) is 3.01. The van der Waals surface area contributed by atoms with Crippen LogP contribution in [0.2, 0.25) is 0 Å². The van der Waals surface area contributed by atoms with Crippen molar-refractivity contribution in [2.24, 2.45) is 0 Å². The van der Waals surface area contributed by atoms with Gasteiger partial charge in [-0.2, -0.15) is 0 Å². The van der Waals surface area contributed by atoms with Crippen molar-refractivity contribution >= 4 is 5.78 Å². The number of ether oxygens (including phenoxy) is 1. The summed E-state index contributed by atoms with van der Waals surface area (Å²) in [5.41, 5.74) is 1.09. The van der Waals surface area contributed by atoms with E-state index in [0.717, 1.165) is 12.0 Å². The molecule has 0 heterocycles. The minimum Gasteiger partial charge on any atom is -0.377 e. The van der Waals surface area contributed by atoms with E-state index in [1.54, 1.807) is 14.0 Å². The Kier molecular flexibility index (Phi) is 3.23. The van der Waals surface area contributed by atoms with Gasteiger partial charge in [0, 0.05) is 13.5 Å². The lowest BCUT2D eigenvalue weighted by Gasteiger charge is -2.18. The van der Waals surface area contributed by atoms with Gasteiger partial charge in [-0.3, -0.25) is 4.79 Å². The number of methoxy groups -OCH3 is 1. The molecule has 1 atom stereocenters. The number of carbonyl (C=O) groups is 1. The Balaban J connectivity index is 2.63. The summed E-state index contributed by atoms with van der Waals surface area (Å²) in [6.45, 7) is 1.60. The Bertz CT molecular complexity index is 226. The molecule has 0 radical (unpaired) electrons. The maximum Gasteiger partial charge on any atom is 0.133 e. The first-order chi connectivity index (χ1) is 5.74. The first kappa shape index (κ1) is 9.20. The molecular weight excluding hydrogens is 152 g/mol. The zero-order valence-corrected chi connectivity index (χ0v) is 7.54. The third-order valence-corrected chi connectivity index (χ3v) is 1.95. The molecule has 0 N–H and O–H groups in total. The zero-order valence-electron chi connectivity index (χ0n) is 7.54. The van der Waals surface area contributed by atoms with Crippen molar-refractivity contribution in [3.63, 3.8) is 0 Å². The lowest BCUT2D eigenvalue weighted by Crippen LogP contribution is -2.16. The fourth-order valence-corrected chi connectivity index (χ4v) is 1.36. The summed E-state index contributed by atoms with van der Waals surface area (Å²) < 4.78 is 5.23. The second kappa shape index (κ2) is 4.21. The highest BCUT2D eigenvalue weighted by atomic mass is 16.5. The molecule has 0 fully saturated rings. The molecule has 0 saturated carbocycles. The normalized spacial score (nSPS) is 22.2. The lowest BCUT2D eigenvalue weighted by molar-refractivity contribution is -0.116. The van der Waals surface area contributed by atoms with Gasteiger partial charge in [-0.15, -0.1) is 0 Å². The number of Topliss-reactive ketones (excluding diaryl/α,β-unsaturated/α-hetero) is 1. The van der Waals surface area contributed by atoms with Crippen LogP contribution >= 0.6 is 0 Å². The SMILES string of the molecule is COC1CC=CC=C1CC(C)=O. The number of hydrogen-bond donors (Lipinski definition) is 0. The minimum atomic E-state index is 0.110. The molecule has 1 unspecified atom stereocenters. The second-order valence-corrected chi connectivity index (χ2v) is 3.01. The highest BCUT2D eigenvalue weighted by molar-refractivity contribution is 5.78. The maximum atomic E-state index is 10.9. The van der Waals surface area contributed by atoms with E-state index in [4.69, 9.17) is 4.74 Å². The summed E-state index contributed by atoms with van der Waals surface area (Å²) in [5.74, 6) is 0.193. The van der Waals surface area contributed by atoms with Crippen molar-refractivity contribution in [1.29, 1.82) is 0 Å². The Morgan fingerprint density at radius 1 is 1.75 bits per heavy atom. The van der Waals surface area contributed by atoms with Crippen LogP contribution in [0.15, 0.2) is 23.8 Å². The molecule has 0 aliphatic heterocycles. The van der Waals surface area contributed by atoms with Crippen LogP contribution < -0.4 is 0 Å². The van der Waals surface area contributed by atoms with Crippen molar-refractivity contribution in [3.05, 3.63) is 23.8 Å². The number of carbonyl (C=O) groups excluding carboxylic acids is 1. The van der Waals surface area contributed by atoms with Gasteiger partial charge in [-0.25, -0.2) is 0 Å². The fraction of sp³-hybridized carbons (Fsp3) is 0.500. The quantitative estimate of drug-likeness (QED) is 0.639. The van der Waals surface area contributed by atoms with E-state index >= 15 is 0 Å². The Morgan fingerprint density at radius 2 is 2.50 bits per heavy atom. The molecular formula is C10H14O2. The van der Waals surface area contributed by atoms with E-state index in [-0.39, 0.29) is 11.9 Å². The monoisotopic (exact) mass is 166 g/mol. The third kappa shape index (κ3) is 2.31. The van der Waals surface area contributed by atoms with Crippen molar-refractivity contribution < 1.29 is 9.53 Å². The van der Waals surface area contributed by atoms with Gasteiger partial charge < -0.3 is 4.74 Å². The van der Waals surface area contributed by atoms with E-state index in [2.05, 4.69) is 6.08 Å². The number of allylic oxidation sites excluding steroid dienone is 2. The molecule has 1 aliphatic carbocycles. The van der Waals surface area contributed by atoms with Gasteiger partial charge in [-0.1, -0.05) is 18.2 Å². The van der Waals surface area contributed by atoms with Gasteiger partial charge >= 0.3 is 0 Å². The Hall–Kier alpha value is -0.890. The van der Waals surface area contributed by atoms with Gasteiger partial charge in [0.25, 0.3) is 0 Å². The molecule has 0 amide bonds. The lowest BCUT2D eigenvalue weighted by atomic mass is 9.97. The molecule has 0 aromatic rings. The number of hydrogen-bond acceptors (Lipinski definition) is 2. The summed E-state index contributed by atoms with van der Waals surface area (Å²) in [6.07, 6.45) is 7.52. The molecule has 0 saturated heterocycles. The Morgan fingerprint density at radius 3 is 3.08 bits per heavy atom. The molecule has 2 heteroatoms. The predicted molar refractivity (Wildman–Crippen MR) is 47.9 cm³/mol. The molecule has 66 valence electrons. The van der Waals surface area contributed by atoms with Crippen LogP contribution in [0.5, 0.6) is 0 Å². The fourth-order valence-electron chi connectivity index (χ4n) is 1.36. The van der Waals surface area contributed by atoms with Crippen molar-refractivity contribution in [1.82, 2.24) is 0 Å². The minimum absolute atomic E-state index is 0.110. The van der Waals surface area contributed by atoms with E-state index in [1.165, 1.54) is 0 Å². The molecule has 0 aromatic carbocycles. The van der Waals surface area contributed by atoms with E-state index < -0.39 is 0 Å². The predicted octanol–water partition coefficient (Wildman–Crippen LogP) is 1.87. The average Bonchev–Trinajstić information content (AvgIpc) is 2.04. The van der Waals surface area contributed by atoms with E-state index in [0.29, 0.717) is 6.42 Å². The maximum absolute atomic E-state index is 10.9. The van der Waals surface area contributed by atoms with Crippen molar-refractivity contribution in [3.8, 4) is 0 Å². The zero-order chi connectivity index (χ0) is 8.97. The number of ketones is 1. The molecule has 1 rings (SSSR count). The van der Waals surface area contributed by atoms with Crippen molar-refractivity contribution in [2.75, 3.05) is 7.11 Å². The van der Waals surface area contributed by atoms with Crippen LogP contribution in [0.25, 0.3) is 0 Å².